The largest absolute Gasteiger partial charge is 0.467 e. The van der Waals surface area contributed by atoms with Crippen molar-refractivity contribution in [1.29, 1.82) is 0 Å². The molecule has 0 radical (unpaired) electrons. The standard InChI is InChI=1S/C24H20F3N3O4S2/c25-16-6-7-21(19(27)13-16)36(32,33)29-10-8-15(9-11-29)23(31)30(14-17-3-2-12-34-17)24-28-22-18(26)4-1-5-20(22)35-24/h1-7,12-13,15H,8-11,14H2. The molecule has 0 N–H and O–H groups in total. The van der Waals surface area contributed by atoms with Gasteiger partial charge < -0.3 is 4.42 Å². The molecule has 4 aromatic rings. The zero-order chi connectivity index (χ0) is 25.4. The summed E-state index contributed by atoms with van der Waals surface area (Å²) in [6, 6.07) is 10.3. The maximum absolute atomic E-state index is 14.3. The second-order valence-corrected chi connectivity index (χ2v) is 11.3. The molecule has 2 aromatic carbocycles. The minimum Gasteiger partial charge on any atom is -0.467 e. The fourth-order valence-electron chi connectivity index (χ4n) is 4.20. The number of nitrogens with zero attached hydrogens (tertiary/aromatic N) is 3. The maximum atomic E-state index is 14.3. The summed E-state index contributed by atoms with van der Waals surface area (Å²) in [5, 5.41) is 0.305. The monoisotopic (exact) mass is 535 g/mol. The van der Waals surface area contributed by atoms with Crippen molar-refractivity contribution in [2.75, 3.05) is 18.0 Å². The molecule has 0 spiro atoms. The van der Waals surface area contributed by atoms with Gasteiger partial charge in [-0.05, 0) is 49.2 Å². The number of para-hydroxylation sites is 1. The SMILES string of the molecule is O=C(C1CCN(S(=O)(=O)c2ccc(F)cc2F)CC1)N(Cc1ccco1)c1nc2c(F)cccc2s1. The van der Waals surface area contributed by atoms with Gasteiger partial charge in [-0.15, -0.1) is 0 Å². The van der Waals surface area contributed by atoms with Gasteiger partial charge in [0.15, 0.2) is 5.13 Å². The molecule has 3 heterocycles. The van der Waals surface area contributed by atoms with Gasteiger partial charge in [0, 0.05) is 25.1 Å². The molecular formula is C24H20F3N3O4S2. The van der Waals surface area contributed by atoms with Gasteiger partial charge in [0.25, 0.3) is 0 Å². The first-order chi connectivity index (χ1) is 17.2. The molecule has 0 unspecified atom stereocenters. The van der Waals surface area contributed by atoms with E-state index in [0.29, 0.717) is 21.7 Å². The van der Waals surface area contributed by atoms with Crippen LogP contribution in [0.4, 0.5) is 18.3 Å². The van der Waals surface area contributed by atoms with E-state index in [1.165, 1.54) is 28.6 Å². The lowest BCUT2D eigenvalue weighted by Gasteiger charge is -2.32. The van der Waals surface area contributed by atoms with Gasteiger partial charge >= 0.3 is 0 Å². The number of piperidine rings is 1. The summed E-state index contributed by atoms with van der Waals surface area (Å²) < 4.78 is 74.5. The highest BCUT2D eigenvalue weighted by atomic mass is 32.2. The number of aromatic nitrogens is 1. The zero-order valence-electron chi connectivity index (χ0n) is 18.7. The van der Waals surface area contributed by atoms with Crippen molar-refractivity contribution in [2.24, 2.45) is 5.92 Å². The predicted octanol–water partition coefficient (Wildman–Crippen LogP) is 4.94. The number of rotatable bonds is 6. The highest BCUT2D eigenvalue weighted by Gasteiger charge is 2.36. The molecule has 1 aliphatic rings. The van der Waals surface area contributed by atoms with Crippen LogP contribution in [-0.2, 0) is 21.4 Å². The molecule has 188 valence electrons. The molecule has 0 saturated carbocycles. The van der Waals surface area contributed by atoms with E-state index >= 15 is 0 Å². The van der Waals surface area contributed by atoms with E-state index < -0.39 is 38.3 Å². The van der Waals surface area contributed by atoms with Crippen LogP contribution < -0.4 is 4.90 Å². The molecule has 2 aromatic heterocycles. The molecule has 0 atom stereocenters. The van der Waals surface area contributed by atoms with Crippen molar-refractivity contribution in [1.82, 2.24) is 9.29 Å². The molecule has 1 aliphatic heterocycles. The van der Waals surface area contributed by atoms with E-state index in [1.54, 1.807) is 24.3 Å². The molecule has 0 aliphatic carbocycles. The number of halogens is 3. The summed E-state index contributed by atoms with van der Waals surface area (Å²) in [7, 11) is -4.19. The van der Waals surface area contributed by atoms with Gasteiger partial charge in [-0.3, -0.25) is 9.69 Å². The lowest BCUT2D eigenvalue weighted by Crippen LogP contribution is -2.44. The predicted molar refractivity (Wildman–Crippen MR) is 127 cm³/mol. The van der Waals surface area contributed by atoms with Gasteiger partial charge in [0.05, 0.1) is 17.5 Å². The first kappa shape index (κ1) is 24.5. The number of anilines is 1. The number of benzene rings is 2. The van der Waals surface area contributed by atoms with Crippen LogP contribution in [0.2, 0.25) is 0 Å². The molecular weight excluding hydrogens is 515 g/mol. The van der Waals surface area contributed by atoms with Crippen molar-refractivity contribution in [3.8, 4) is 0 Å². The lowest BCUT2D eigenvalue weighted by atomic mass is 9.96. The Balaban J connectivity index is 1.37. The van der Waals surface area contributed by atoms with Crippen LogP contribution in [0.5, 0.6) is 0 Å². The number of furan rings is 1. The fourth-order valence-corrected chi connectivity index (χ4v) is 6.70. The Labute approximate surface area is 208 Å². The Morgan fingerprint density at radius 1 is 1.08 bits per heavy atom. The van der Waals surface area contributed by atoms with Crippen LogP contribution in [0.25, 0.3) is 10.2 Å². The molecule has 1 saturated heterocycles. The van der Waals surface area contributed by atoms with Gasteiger partial charge in [0.1, 0.15) is 33.6 Å². The van der Waals surface area contributed by atoms with Gasteiger partial charge in [-0.25, -0.2) is 26.6 Å². The first-order valence-electron chi connectivity index (χ1n) is 11.1. The lowest BCUT2D eigenvalue weighted by molar-refractivity contribution is -0.123. The second kappa shape index (κ2) is 9.68. The van der Waals surface area contributed by atoms with Crippen molar-refractivity contribution in [2.45, 2.75) is 24.3 Å². The van der Waals surface area contributed by atoms with Crippen molar-refractivity contribution in [3.05, 3.63) is 78.0 Å². The summed E-state index contributed by atoms with van der Waals surface area (Å²) in [5.74, 6) is -2.86. The Morgan fingerprint density at radius 2 is 1.86 bits per heavy atom. The van der Waals surface area contributed by atoms with Gasteiger partial charge in [-0.1, -0.05) is 17.4 Å². The molecule has 1 fully saturated rings. The minimum absolute atomic E-state index is 0.0153. The number of amides is 1. The third-order valence-corrected chi connectivity index (χ3v) is 9.04. The number of fused-ring (bicyclic) bond motifs is 1. The average molecular weight is 536 g/mol. The van der Waals surface area contributed by atoms with Gasteiger partial charge in [-0.2, -0.15) is 4.31 Å². The van der Waals surface area contributed by atoms with E-state index in [9.17, 15) is 26.4 Å². The summed E-state index contributed by atoms with van der Waals surface area (Å²) in [4.78, 5) is 18.8. The number of thiazole rings is 1. The van der Waals surface area contributed by atoms with Crippen LogP contribution in [0.3, 0.4) is 0 Å². The summed E-state index contributed by atoms with van der Waals surface area (Å²) in [6.45, 7) is 0.0455. The number of hydrogen-bond acceptors (Lipinski definition) is 6. The smallest absolute Gasteiger partial charge is 0.245 e. The van der Waals surface area contributed by atoms with E-state index in [4.69, 9.17) is 4.42 Å². The average Bonchev–Trinajstić information content (AvgIpc) is 3.52. The van der Waals surface area contributed by atoms with Crippen LogP contribution in [0, 0.1) is 23.4 Å². The van der Waals surface area contributed by atoms with Gasteiger partial charge in [0.2, 0.25) is 15.9 Å². The van der Waals surface area contributed by atoms with Crippen LogP contribution in [0.1, 0.15) is 18.6 Å². The fraction of sp³-hybridized carbons (Fsp3) is 0.250. The van der Waals surface area contributed by atoms with Crippen LogP contribution >= 0.6 is 11.3 Å². The molecule has 1 amide bonds. The summed E-state index contributed by atoms with van der Waals surface area (Å²) in [6.07, 6.45) is 1.86. The van der Waals surface area contributed by atoms with Crippen molar-refractivity contribution in [3.63, 3.8) is 0 Å². The third kappa shape index (κ3) is 4.63. The Morgan fingerprint density at radius 3 is 2.53 bits per heavy atom. The van der Waals surface area contributed by atoms with E-state index in [1.807, 2.05) is 0 Å². The Kier molecular flexibility index (Phi) is 6.58. The molecule has 12 heteroatoms. The number of hydrogen-bond donors (Lipinski definition) is 0. The highest BCUT2D eigenvalue weighted by Crippen LogP contribution is 2.34. The van der Waals surface area contributed by atoms with E-state index in [0.717, 1.165) is 16.4 Å². The Bertz CT molecular complexity index is 1510. The second-order valence-electron chi connectivity index (χ2n) is 8.34. The normalized spacial score (nSPS) is 15.4. The highest BCUT2D eigenvalue weighted by molar-refractivity contribution is 7.89. The summed E-state index contributed by atoms with van der Waals surface area (Å²) >= 11 is 1.17. The minimum atomic E-state index is -4.19. The topological polar surface area (TPSA) is 83.7 Å². The van der Waals surface area contributed by atoms with Crippen molar-refractivity contribution >= 4 is 42.6 Å². The number of carbonyl (C=O) groups is 1. The molecule has 36 heavy (non-hydrogen) atoms. The molecule has 5 rings (SSSR count). The quantitative estimate of drug-likeness (QED) is 0.349. The third-order valence-electron chi connectivity index (χ3n) is 6.06. The maximum Gasteiger partial charge on any atom is 0.245 e. The zero-order valence-corrected chi connectivity index (χ0v) is 20.4. The van der Waals surface area contributed by atoms with E-state index in [-0.39, 0.29) is 43.9 Å². The summed E-state index contributed by atoms with van der Waals surface area (Å²) in [5.41, 5.74) is 0.164. The van der Waals surface area contributed by atoms with E-state index in [2.05, 4.69) is 4.98 Å². The number of carbonyl (C=O) groups excluding carboxylic acids is 1. The first-order valence-corrected chi connectivity index (χ1v) is 13.3. The van der Waals surface area contributed by atoms with Crippen LogP contribution in [0.15, 0.2) is 64.1 Å². The molecule has 7 nitrogen and oxygen atoms in total. The van der Waals surface area contributed by atoms with Crippen LogP contribution in [-0.4, -0.2) is 36.7 Å². The Hall–Kier alpha value is -3.22. The number of sulfonamides is 1. The van der Waals surface area contributed by atoms with Crippen molar-refractivity contribution < 1.29 is 30.8 Å². The molecule has 0 bridgehead atoms.